The molecule has 0 atom stereocenters. The van der Waals surface area contributed by atoms with Gasteiger partial charge in [-0.3, -0.25) is 0 Å². The topological polar surface area (TPSA) is 70.3 Å². The molecule has 0 radical (unpaired) electrons. The van der Waals surface area contributed by atoms with E-state index in [2.05, 4.69) is 16.9 Å². The van der Waals surface area contributed by atoms with Crippen LogP contribution in [0.5, 0.6) is 5.88 Å². The number of thioether (sulfide) groups is 1. The first-order chi connectivity index (χ1) is 8.26. The maximum absolute atomic E-state index is 5.63. The summed E-state index contributed by atoms with van der Waals surface area (Å²) in [6.07, 6.45) is 4.11. The van der Waals surface area contributed by atoms with Gasteiger partial charge in [-0.05, 0) is 12.7 Å². The van der Waals surface area contributed by atoms with E-state index in [-0.39, 0.29) is 0 Å². The second-order valence-corrected chi connectivity index (χ2v) is 4.21. The lowest BCUT2D eigenvalue weighted by molar-refractivity contribution is 0.0962. The summed E-state index contributed by atoms with van der Waals surface area (Å²) in [7, 11) is 0. The van der Waals surface area contributed by atoms with E-state index in [1.807, 2.05) is 6.26 Å². The average molecular weight is 257 g/mol. The molecule has 1 aromatic heterocycles. The molecule has 0 amide bonds. The van der Waals surface area contributed by atoms with Crippen LogP contribution in [0.3, 0.4) is 0 Å². The summed E-state index contributed by atoms with van der Waals surface area (Å²) in [6, 6.07) is 1.62. The van der Waals surface area contributed by atoms with Crippen LogP contribution in [0.25, 0.3) is 0 Å². The highest BCUT2D eigenvalue weighted by atomic mass is 32.2. The highest BCUT2D eigenvalue weighted by Gasteiger charge is 2.02. The Bertz CT molecular complexity index is 336. The molecule has 0 bridgehead atoms. The smallest absolute Gasteiger partial charge is 0.219 e. The van der Waals surface area contributed by atoms with Gasteiger partial charge < -0.3 is 15.2 Å². The zero-order valence-electron chi connectivity index (χ0n) is 10.3. The SMILES string of the molecule is CCCCOCCOc1cc(N)nc(SC)n1. The molecule has 6 heteroatoms. The van der Waals surface area contributed by atoms with Crippen molar-refractivity contribution in [1.82, 2.24) is 9.97 Å². The third-order valence-corrected chi connectivity index (χ3v) is 2.55. The average Bonchev–Trinajstić information content (AvgIpc) is 2.33. The van der Waals surface area contributed by atoms with E-state index in [0.717, 1.165) is 19.4 Å². The number of hydrogen-bond donors (Lipinski definition) is 1. The Kier molecular flexibility index (Phi) is 6.73. The molecule has 1 heterocycles. The summed E-state index contributed by atoms with van der Waals surface area (Å²) < 4.78 is 10.8. The summed E-state index contributed by atoms with van der Waals surface area (Å²) in [6.45, 7) is 3.96. The Labute approximate surface area is 106 Å². The van der Waals surface area contributed by atoms with Gasteiger partial charge in [0.2, 0.25) is 5.88 Å². The number of nitrogen functional groups attached to an aromatic ring is 1. The molecule has 5 nitrogen and oxygen atoms in total. The second-order valence-electron chi connectivity index (χ2n) is 3.43. The van der Waals surface area contributed by atoms with Gasteiger partial charge in [0, 0.05) is 12.7 Å². The molecule has 0 saturated carbocycles. The van der Waals surface area contributed by atoms with Crippen molar-refractivity contribution in [2.45, 2.75) is 24.9 Å². The van der Waals surface area contributed by atoms with Crippen LogP contribution < -0.4 is 10.5 Å². The fourth-order valence-electron chi connectivity index (χ4n) is 1.14. The van der Waals surface area contributed by atoms with Crippen molar-refractivity contribution >= 4 is 17.6 Å². The van der Waals surface area contributed by atoms with Gasteiger partial charge in [-0.25, -0.2) is 4.98 Å². The lowest BCUT2D eigenvalue weighted by atomic mass is 10.4. The molecular weight excluding hydrogens is 238 g/mol. The molecule has 96 valence electrons. The van der Waals surface area contributed by atoms with Crippen LogP contribution in [0.1, 0.15) is 19.8 Å². The minimum absolute atomic E-state index is 0.422. The Morgan fingerprint density at radius 3 is 2.82 bits per heavy atom. The largest absolute Gasteiger partial charge is 0.475 e. The van der Waals surface area contributed by atoms with Crippen LogP contribution in [0.15, 0.2) is 11.2 Å². The summed E-state index contributed by atoms with van der Waals surface area (Å²) >= 11 is 1.43. The predicted molar refractivity (Wildman–Crippen MR) is 69.4 cm³/mol. The van der Waals surface area contributed by atoms with Crippen LogP contribution in [-0.2, 0) is 4.74 Å². The zero-order chi connectivity index (χ0) is 12.5. The first kappa shape index (κ1) is 14.1. The van der Waals surface area contributed by atoms with Gasteiger partial charge in [0.15, 0.2) is 5.16 Å². The van der Waals surface area contributed by atoms with Gasteiger partial charge in [0.05, 0.1) is 6.61 Å². The molecule has 0 aliphatic rings. The third-order valence-electron chi connectivity index (χ3n) is 2.00. The highest BCUT2D eigenvalue weighted by molar-refractivity contribution is 7.98. The number of ether oxygens (including phenoxy) is 2. The predicted octanol–water partition coefficient (Wildman–Crippen LogP) is 1.98. The standard InChI is InChI=1S/C11H19N3O2S/c1-3-4-5-15-6-7-16-10-8-9(12)13-11(14-10)17-2/h8H,3-7H2,1-2H3,(H2,12,13,14). The van der Waals surface area contributed by atoms with Gasteiger partial charge in [0.25, 0.3) is 0 Å². The number of unbranched alkanes of at least 4 members (excludes halogenated alkanes) is 1. The van der Waals surface area contributed by atoms with Crippen molar-refractivity contribution in [2.75, 3.05) is 31.8 Å². The third kappa shape index (κ3) is 5.74. The Morgan fingerprint density at radius 1 is 1.29 bits per heavy atom. The van der Waals surface area contributed by atoms with Crippen molar-refractivity contribution in [3.8, 4) is 5.88 Å². The Balaban J connectivity index is 2.28. The first-order valence-corrected chi connectivity index (χ1v) is 6.87. The van der Waals surface area contributed by atoms with E-state index in [0.29, 0.717) is 30.1 Å². The van der Waals surface area contributed by atoms with Crippen LogP contribution in [0.4, 0.5) is 5.82 Å². The van der Waals surface area contributed by atoms with Crippen LogP contribution in [0, 0.1) is 0 Å². The fourth-order valence-corrected chi connectivity index (χ4v) is 1.52. The van der Waals surface area contributed by atoms with Crippen molar-refractivity contribution in [3.63, 3.8) is 0 Å². The number of rotatable bonds is 8. The maximum Gasteiger partial charge on any atom is 0.219 e. The number of nitrogens with two attached hydrogens (primary N) is 1. The van der Waals surface area contributed by atoms with Gasteiger partial charge in [0.1, 0.15) is 12.4 Å². The van der Waals surface area contributed by atoms with Crippen LogP contribution >= 0.6 is 11.8 Å². The normalized spacial score (nSPS) is 10.5. The number of aromatic nitrogens is 2. The van der Waals surface area contributed by atoms with E-state index < -0.39 is 0 Å². The molecule has 1 aromatic rings. The summed E-state index contributed by atoms with van der Waals surface area (Å²) in [5.41, 5.74) is 5.63. The van der Waals surface area contributed by atoms with Crippen molar-refractivity contribution in [1.29, 1.82) is 0 Å². The lowest BCUT2D eigenvalue weighted by Crippen LogP contribution is -2.09. The Hall–Kier alpha value is -1.01. The van der Waals surface area contributed by atoms with Crippen LogP contribution in [-0.4, -0.2) is 36.0 Å². The summed E-state index contributed by atoms with van der Waals surface area (Å²) in [4.78, 5) is 8.22. The lowest BCUT2D eigenvalue weighted by Gasteiger charge is -2.07. The fraction of sp³-hybridized carbons (Fsp3) is 0.636. The molecule has 17 heavy (non-hydrogen) atoms. The minimum atomic E-state index is 0.422. The Morgan fingerprint density at radius 2 is 2.12 bits per heavy atom. The maximum atomic E-state index is 5.63. The van der Waals surface area contributed by atoms with Crippen LogP contribution in [0.2, 0.25) is 0 Å². The molecule has 0 aliphatic carbocycles. The first-order valence-electron chi connectivity index (χ1n) is 5.65. The van der Waals surface area contributed by atoms with Gasteiger partial charge in [-0.1, -0.05) is 25.1 Å². The van der Waals surface area contributed by atoms with E-state index in [1.54, 1.807) is 6.07 Å². The van der Waals surface area contributed by atoms with Gasteiger partial charge >= 0.3 is 0 Å². The monoisotopic (exact) mass is 257 g/mol. The molecule has 0 saturated heterocycles. The molecule has 0 aromatic carbocycles. The second kappa shape index (κ2) is 8.14. The molecule has 0 unspecified atom stereocenters. The molecule has 1 rings (SSSR count). The number of nitrogens with zero attached hydrogens (tertiary/aromatic N) is 2. The van der Waals surface area contributed by atoms with Gasteiger partial charge in [-0.15, -0.1) is 0 Å². The van der Waals surface area contributed by atoms with Crippen molar-refractivity contribution in [3.05, 3.63) is 6.07 Å². The number of anilines is 1. The van der Waals surface area contributed by atoms with Crippen molar-refractivity contribution < 1.29 is 9.47 Å². The van der Waals surface area contributed by atoms with E-state index in [1.165, 1.54) is 11.8 Å². The summed E-state index contributed by atoms with van der Waals surface area (Å²) in [5, 5.41) is 0.618. The summed E-state index contributed by atoms with van der Waals surface area (Å²) in [5.74, 6) is 0.923. The highest BCUT2D eigenvalue weighted by Crippen LogP contribution is 2.16. The van der Waals surface area contributed by atoms with Gasteiger partial charge in [-0.2, -0.15) is 4.98 Å². The zero-order valence-corrected chi connectivity index (χ0v) is 11.1. The van der Waals surface area contributed by atoms with E-state index in [9.17, 15) is 0 Å². The molecule has 2 N–H and O–H groups in total. The number of hydrogen-bond acceptors (Lipinski definition) is 6. The van der Waals surface area contributed by atoms with E-state index >= 15 is 0 Å². The van der Waals surface area contributed by atoms with Crippen molar-refractivity contribution in [2.24, 2.45) is 0 Å². The minimum Gasteiger partial charge on any atom is -0.475 e. The molecule has 0 spiro atoms. The molecule has 0 aliphatic heterocycles. The quantitative estimate of drug-likeness (QED) is 0.436. The van der Waals surface area contributed by atoms with E-state index in [4.69, 9.17) is 15.2 Å². The molecule has 0 fully saturated rings. The molecular formula is C11H19N3O2S.